The Bertz CT molecular complexity index is 575. The van der Waals surface area contributed by atoms with Crippen molar-refractivity contribution >= 4 is 27.7 Å². The monoisotopic (exact) mass is 321 g/mol. The van der Waals surface area contributed by atoms with E-state index in [9.17, 15) is 4.79 Å². The Morgan fingerprint density at radius 2 is 2.05 bits per heavy atom. The lowest BCUT2D eigenvalue weighted by Crippen LogP contribution is -2.11. The van der Waals surface area contributed by atoms with Gasteiger partial charge in [-0.1, -0.05) is 36.8 Å². The second-order valence-electron chi connectivity index (χ2n) is 4.41. The first kappa shape index (κ1) is 13.8. The number of halogens is 1. The normalized spacial score (nSPS) is 10.5. The van der Waals surface area contributed by atoms with E-state index in [0.29, 0.717) is 18.8 Å². The van der Waals surface area contributed by atoms with E-state index in [4.69, 9.17) is 0 Å². The molecule has 4 nitrogen and oxygen atoms in total. The summed E-state index contributed by atoms with van der Waals surface area (Å²) in [5.74, 6) is 0.528. The van der Waals surface area contributed by atoms with Gasteiger partial charge in [0.2, 0.25) is 5.91 Å². The van der Waals surface area contributed by atoms with Crippen LogP contribution < -0.4 is 5.32 Å². The van der Waals surface area contributed by atoms with E-state index in [-0.39, 0.29) is 5.91 Å². The first-order valence-electron chi connectivity index (χ1n) is 6.17. The molecule has 1 aromatic heterocycles. The highest BCUT2D eigenvalue weighted by molar-refractivity contribution is 9.10. The number of aromatic nitrogens is 2. The molecular weight excluding hydrogens is 306 g/mol. The molecule has 0 aliphatic rings. The van der Waals surface area contributed by atoms with Gasteiger partial charge < -0.3 is 5.32 Å². The topological polar surface area (TPSA) is 46.9 Å². The molecule has 0 bridgehead atoms. The minimum Gasteiger partial charge on any atom is -0.308 e. The minimum absolute atomic E-state index is 0.0405. The van der Waals surface area contributed by atoms with Gasteiger partial charge in [0.05, 0.1) is 11.0 Å². The highest BCUT2D eigenvalue weighted by Gasteiger charge is 2.09. The molecule has 1 amide bonds. The van der Waals surface area contributed by atoms with Crippen LogP contribution in [0.15, 0.2) is 34.9 Å². The van der Waals surface area contributed by atoms with E-state index in [1.807, 2.05) is 13.1 Å². The van der Waals surface area contributed by atoms with Gasteiger partial charge in [-0.25, -0.2) is 0 Å². The largest absolute Gasteiger partial charge is 0.308 e. The van der Waals surface area contributed by atoms with Crippen LogP contribution in [0.5, 0.6) is 0 Å². The molecule has 0 spiro atoms. The zero-order valence-electron chi connectivity index (χ0n) is 11.0. The summed E-state index contributed by atoms with van der Waals surface area (Å²) in [6, 6.07) is 8.31. The Kier molecular flexibility index (Phi) is 4.37. The SMILES string of the molecule is CCC(=O)Nc1nn(Cc2ccc(C)cc2)cc1Br. The number of nitrogens with one attached hydrogen (secondary N) is 1. The lowest BCUT2D eigenvalue weighted by molar-refractivity contribution is -0.115. The predicted octanol–water partition coefficient (Wildman–Crippen LogP) is 3.35. The Balaban J connectivity index is 2.11. The molecule has 19 heavy (non-hydrogen) atoms. The summed E-state index contributed by atoms with van der Waals surface area (Å²) in [5.41, 5.74) is 2.41. The summed E-state index contributed by atoms with van der Waals surface area (Å²) < 4.78 is 2.60. The molecule has 5 heteroatoms. The molecule has 1 N–H and O–H groups in total. The number of anilines is 1. The number of rotatable bonds is 4. The zero-order chi connectivity index (χ0) is 13.8. The smallest absolute Gasteiger partial charge is 0.225 e. The number of amides is 1. The Labute approximate surface area is 120 Å². The highest BCUT2D eigenvalue weighted by Crippen LogP contribution is 2.21. The zero-order valence-corrected chi connectivity index (χ0v) is 12.6. The first-order valence-corrected chi connectivity index (χ1v) is 6.96. The third-order valence-corrected chi connectivity index (χ3v) is 3.34. The summed E-state index contributed by atoms with van der Waals surface area (Å²) in [6.45, 7) is 4.56. The van der Waals surface area contributed by atoms with Gasteiger partial charge in [-0.2, -0.15) is 5.10 Å². The van der Waals surface area contributed by atoms with Gasteiger partial charge in [-0.15, -0.1) is 0 Å². The molecule has 0 atom stereocenters. The third kappa shape index (κ3) is 3.67. The number of benzene rings is 1. The van der Waals surface area contributed by atoms with Crippen molar-refractivity contribution < 1.29 is 4.79 Å². The Morgan fingerprint density at radius 1 is 1.37 bits per heavy atom. The number of carbonyl (C=O) groups excluding carboxylic acids is 1. The lowest BCUT2D eigenvalue weighted by atomic mass is 10.1. The van der Waals surface area contributed by atoms with E-state index >= 15 is 0 Å². The number of aryl methyl sites for hydroxylation is 1. The van der Waals surface area contributed by atoms with Crippen LogP contribution in [0.2, 0.25) is 0 Å². The highest BCUT2D eigenvalue weighted by atomic mass is 79.9. The molecule has 0 aliphatic carbocycles. The van der Waals surface area contributed by atoms with Crippen molar-refractivity contribution in [1.29, 1.82) is 0 Å². The van der Waals surface area contributed by atoms with E-state index < -0.39 is 0 Å². The number of hydrogen-bond acceptors (Lipinski definition) is 2. The van der Waals surface area contributed by atoms with Crippen LogP contribution in [-0.4, -0.2) is 15.7 Å². The average molecular weight is 322 g/mol. The van der Waals surface area contributed by atoms with Crippen molar-refractivity contribution in [2.75, 3.05) is 5.32 Å². The van der Waals surface area contributed by atoms with Crippen LogP contribution in [-0.2, 0) is 11.3 Å². The number of hydrogen-bond donors (Lipinski definition) is 1. The Morgan fingerprint density at radius 3 is 2.68 bits per heavy atom. The van der Waals surface area contributed by atoms with Crippen LogP contribution in [0.25, 0.3) is 0 Å². The molecule has 1 aromatic carbocycles. The van der Waals surface area contributed by atoms with Crippen LogP contribution in [0.4, 0.5) is 5.82 Å². The van der Waals surface area contributed by atoms with E-state index in [2.05, 4.69) is 57.5 Å². The number of nitrogens with zero attached hydrogens (tertiary/aromatic N) is 2. The van der Waals surface area contributed by atoms with E-state index in [0.717, 1.165) is 4.47 Å². The van der Waals surface area contributed by atoms with Gasteiger partial charge in [0.25, 0.3) is 0 Å². The minimum atomic E-state index is -0.0405. The van der Waals surface area contributed by atoms with Gasteiger partial charge in [-0.3, -0.25) is 9.48 Å². The second-order valence-corrected chi connectivity index (χ2v) is 5.26. The second kappa shape index (κ2) is 6.02. The van der Waals surface area contributed by atoms with Crippen molar-refractivity contribution in [2.45, 2.75) is 26.8 Å². The van der Waals surface area contributed by atoms with Crippen LogP contribution >= 0.6 is 15.9 Å². The Hall–Kier alpha value is -1.62. The fourth-order valence-electron chi connectivity index (χ4n) is 1.66. The first-order chi connectivity index (χ1) is 9.08. The van der Waals surface area contributed by atoms with Crippen molar-refractivity contribution in [1.82, 2.24) is 9.78 Å². The number of carbonyl (C=O) groups is 1. The molecule has 0 unspecified atom stereocenters. The van der Waals surface area contributed by atoms with Gasteiger partial charge in [-0.05, 0) is 28.4 Å². The molecule has 0 radical (unpaired) electrons. The summed E-state index contributed by atoms with van der Waals surface area (Å²) in [4.78, 5) is 11.4. The standard InChI is InChI=1S/C14H16BrN3O/c1-3-13(19)16-14-12(15)9-18(17-14)8-11-6-4-10(2)5-7-11/h4-7,9H,3,8H2,1-2H3,(H,16,17,19). The molecular formula is C14H16BrN3O. The van der Waals surface area contributed by atoms with Crippen molar-refractivity contribution in [3.63, 3.8) is 0 Å². The van der Waals surface area contributed by atoms with Gasteiger partial charge >= 0.3 is 0 Å². The summed E-state index contributed by atoms with van der Waals surface area (Å²) >= 11 is 3.40. The van der Waals surface area contributed by atoms with Crippen molar-refractivity contribution in [2.24, 2.45) is 0 Å². The maximum absolute atomic E-state index is 11.4. The van der Waals surface area contributed by atoms with Crippen LogP contribution in [0.3, 0.4) is 0 Å². The van der Waals surface area contributed by atoms with Gasteiger partial charge in [0.15, 0.2) is 5.82 Å². The maximum atomic E-state index is 11.4. The molecule has 0 saturated heterocycles. The fourth-order valence-corrected chi connectivity index (χ4v) is 2.08. The average Bonchev–Trinajstić information content (AvgIpc) is 2.72. The van der Waals surface area contributed by atoms with Gasteiger partial charge in [0, 0.05) is 12.6 Å². The molecule has 2 aromatic rings. The quantitative estimate of drug-likeness (QED) is 0.938. The molecule has 2 rings (SSSR count). The van der Waals surface area contributed by atoms with Crippen molar-refractivity contribution in [3.8, 4) is 0 Å². The third-order valence-electron chi connectivity index (χ3n) is 2.76. The summed E-state index contributed by atoms with van der Waals surface area (Å²) in [7, 11) is 0. The maximum Gasteiger partial charge on any atom is 0.225 e. The predicted molar refractivity (Wildman–Crippen MR) is 79.1 cm³/mol. The lowest BCUT2D eigenvalue weighted by Gasteiger charge is -2.02. The van der Waals surface area contributed by atoms with Crippen LogP contribution in [0.1, 0.15) is 24.5 Å². The molecule has 1 heterocycles. The molecule has 0 fully saturated rings. The summed E-state index contributed by atoms with van der Waals surface area (Å²) in [6.07, 6.45) is 2.31. The summed E-state index contributed by atoms with van der Waals surface area (Å²) in [5, 5.41) is 7.11. The van der Waals surface area contributed by atoms with Crippen LogP contribution in [0, 0.1) is 6.92 Å². The molecule has 100 valence electrons. The van der Waals surface area contributed by atoms with Crippen molar-refractivity contribution in [3.05, 3.63) is 46.1 Å². The fraction of sp³-hybridized carbons (Fsp3) is 0.286. The van der Waals surface area contributed by atoms with E-state index in [1.165, 1.54) is 11.1 Å². The molecule has 0 aliphatic heterocycles. The molecule has 0 saturated carbocycles. The van der Waals surface area contributed by atoms with Gasteiger partial charge in [0.1, 0.15) is 0 Å². The van der Waals surface area contributed by atoms with E-state index in [1.54, 1.807) is 4.68 Å².